The summed E-state index contributed by atoms with van der Waals surface area (Å²) in [7, 11) is 0. The minimum Gasteiger partial charge on any atom is -0.410 e. The highest BCUT2D eigenvalue weighted by Crippen LogP contribution is 2.44. The van der Waals surface area contributed by atoms with Gasteiger partial charge in [-0.1, -0.05) is 133 Å². The van der Waals surface area contributed by atoms with Crippen LogP contribution >= 0.6 is 0 Å². The highest BCUT2D eigenvalue weighted by Gasteiger charge is 2.26. The molecule has 7 nitrogen and oxygen atoms in total. The minimum absolute atomic E-state index is 0.121. The van der Waals surface area contributed by atoms with Crippen LogP contribution in [0.25, 0.3) is 55.9 Å². The summed E-state index contributed by atoms with van der Waals surface area (Å²) in [6, 6.07) is 41.8. The third-order valence-electron chi connectivity index (χ3n) is 8.56. The van der Waals surface area contributed by atoms with Crippen molar-refractivity contribution < 1.29 is 5.21 Å². The molecule has 1 aliphatic rings. The molecule has 5 aromatic carbocycles. The maximum Gasteiger partial charge on any atom is 0.163 e. The van der Waals surface area contributed by atoms with Gasteiger partial charge in [-0.15, -0.1) is 0 Å². The van der Waals surface area contributed by atoms with E-state index in [-0.39, 0.29) is 11.4 Å². The molecule has 7 rings (SSSR count). The lowest BCUT2D eigenvalue weighted by molar-refractivity contribution is 0.321. The Morgan fingerprint density at radius 2 is 1.12 bits per heavy atom. The second-order valence-electron chi connectivity index (χ2n) is 11.6. The van der Waals surface area contributed by atoms with Gasteiger partial charge in [0, 0.05) is 22.3 Å². The summed E-state index contributed by atoms with van der Waals surface area (Å²) in [5, 5.41) is 33.0. The van der Waals surface area contributed by atoms with Gasteiger partial charge in [0.05, 0.1) is 17.3 Å². The molecule has 234 valence electrons. The average molecular weight is 635 g/mol. The molecule has 0 amide bonds. The van der Waals surface area contributed by atoms with E-state index in [0.29, 0.717) is 34.2 Å². The van der Waals surface area contributed by atoms with Gasteiger partial charge in [-0.2, -0.15) is 5.26 Å². The number of rotatable bonds is 6. The van der Waals surface area contributed by atoms with Crippen LogP contribution in [0.15, 0.2) is 139 Å². The summed E-state index contributed by atoms with van der Waals surface area (Å²) in [5.41, 5.74) is 10.2. The van der Waals surface area contributed by atoms with Crippen LogP contribution in [0.1, 0.15) is 28.3 Å². The monoisotopic (exact) mass is 634 g/mol. The number of hydrogen-bond donors (Lipinski definition) is 2. The minimum atomic E-state index is 0.121. The standard InChI is InChI=1S/C42H30N6O/c1-26-45-27(2)47-42(46-26)30-21-19-29(20-22-30)39-36(32-14-7-6-13-31(32)25-43)17-10-18-37(39)34-15-8-9-16-35(34)38-24-23-33(41(48-49)40(38)44)28-11-4-3-5-12-28/h3-24,44,49H,1-2H3/b44-40?,48-41-. The molecule has 1 heterocycles. The van der Waals surface area contributed by atoms with Gasteiger partial charge in [0.25, 0.3) is 0 Å². The van der Waals surface area contributed by atoms with Crippen molar-refractivity contribution in [2.45, 2.75) is 13.8 Å². The Kier molecular flexibility index (Phi) is 8.28. The first-order valence-corrected chi connectivity index (χ1v) is 15.8. The number of benzene rings is 5. The lowest BCUT2D eigenvalue weighted by Crippen LogP contribution is -2.20. The molecular weight excluding hydrogens is 605 g/mol. The van der Waals surface area contributed by atoms with Crippen LogP contribution in [0.5, 0.6) is 0 Å². The number of nitrogens with one attached hydrogen (secondary N) is 1. The predicted octanol–water partition coefficient (Wildman–Crippen LogP) is 9.36. The number of oxime groups is 1. The zero-order chi connectivity index (χ0) is 33.9. The van der Waals surface area contributed by atoms with Crippen LogP contribution < -0.4 is 0 Å². The van der Waals surface area contributed by atoms with Crippen LogP contribution in [-0.4, -0.2) is 31.6 Å². The second-order valence-corrected chi connectivity index (χ2v) is 11.6. The number of aryl methyl sites for hydroxylation is 2. The summed E-state index contributed by atoms with van der Waals surface area (Å²) in [4.78, 5) is 13.4. The van der Waals surface area contributed by atoms with Crippen molar-refractivity contribution in [2.24, 2.45) is 5.16 Å². The first kappa shape index (κ1) is 30.9. The van der Waals surface area contributed by atoms with Gasteiger partial charge in [0.15, 0.2) is 5.82 Å². The molecule has 6 aromatic rings. The summed E-state index contributed by atoms with van der Waals surface area (Å²) in [6.07, 6.45) is 3.82. The van der Waals surface area contributed by atoms with Crippen molar-refractivity contribution >= 4 is 22.6 Å². The highest BCUT2D eigenvalue weighted by molar-refractivity contribution is 6.69. The number of allylic oxidation sites excluding steroid dienone is 4. The summed E-state index contributed by atoms with van der Waals surface area (Å²) >= 11 is 0. The van der Waals surface area contributed by atoms with E-state index >= 15 is 0 Å². The van der Waals surface area contributed by atoms with Crippen LogP contribution in [0.3, 0.4) is 0 Å². The molecule has 0 bridgehead atoms. The fourth-order valence-electron chi connectivity index (χ4n) is 6.38. The van der Waals surface area contributed by atoms with Crippen LogP contribution in [-0.2, 0) is 0 Å². The van der Waals surface area contributed by atoms with E-state index in [1.165, 1.54) is 0 Å². The first-order chi connectivity index (χ1) is 24.0. The van der Waals surface area contributed by atoms with E-state index in [0.717, 1.165) is 50.1 Å². The fourth-order valence-corrected chi connectivity index (χ4v) is 6.38. The number of aromatic nitrogens is 3. The molecule has 0 spiro atoms. The molecule has 2 N–H and O–H groups in total. The second kappa shape index (κ2) is 13.1. The molecule has 0 saturated heterocycles. The van der Waals surface area contributed by atoms with E-state index in [1.54, 1.807) is 0 Å². The lowest BCUT2D eigenvalue weighted by atomic mass is 9.81. The van der Waals surface area contributed by atoms with Crippen molar-refractivity contribution in [2.75, 3.05) is 0 Å². The molecule has 7 heteroatoms. The van der Waals surface area contributed by atoms with E-state index in [1.807, 2.05) is 129 Å². The van der Waals surface area contributed by atoms with Gasteiger partial charge in [-0.05, 0) is 58.9 Å². The van der Waals surface area contributed by atoms with E-state index in [4.69, 9.17) is 0 Å². The average Bonchev–Trinajstić information content (AvgIpc) is 3.14. The maximum absolute atomic E-state index is 10.1. The third kappa shape index (κ3) is 5.84. The molecule has 0 aliphatic heterocycles. The van der Waals surface area contributed by atoms with Crippen molar-refractivity contribution in [3.8, 4) is 50.8 Å². The molecule has 0 fully saturated rings. The SMILES string of the molecule is Cc1nc(C)nc(-c2ccc(-c3c(-c4ccccc4C#N)cccc3-c3ccccc3C3=CC=C(c4ccccc4)/C(=N/O)C3=N)cc2)n1. The molecule has 1 aromatic heterocycles. The maximum atomic E-state index is 10.1. The van der Waals surface area contributed by atoms with Gasteiger partial charge < -0.3 is 5.21 Å². The van der Waals surface area contributed by atoms with E-state index in [9.17, 15) is 15.9 Å². The molecule has 0 atom stereocenters. The molecule has 0 radical (unpaired) electrons. The number of nitriles is 1. The summed E-state index contributed by atoms with van der Waals surface area (Å²) in [5.74, 6) is 1.93. The molecule has 49 heavy (non-hydrogen) atoms. The van der Waals surface area contributed by atoms with Gasteiger partial charge in [-0.3, -0.25) is 5.41 Å². The topological polar surface area (TPSA) is 119 Å². The van der Waals surface area contributed by atoms with Crippen LogP contribution in [0.2, 0.25) is 0 Å². The van der Waals surface area contributed by atoms with Gasteiger partial charge in [-0.25, -0.2) is 15.0 Å². The number of nitrogens with zero attached hydrogens (tertiary/aromatic N) is 5. The molecule has 0 unspecified atom stereocenters. The third-order valence-corrected chi connectivity index (χ3v) is 8.56. The highest BCUT2D eigenvalue weighted by atomic mass is 16.4. The lowest BCUT2D eigenvalue weighted by Gasteiger charge is -2.22. The van der Waals surface area contributed by atoms with Gasteiger partial charge in [0.1, 0.15) is 17.4 Å². The van der Waals surface area contributed by atoms with Crippen LogP contribution in [0, 0.1) is 30.6 Å². The Morgan fingerprint density at radius 1 is 0.571 bits per heavy atom. The number of hydrogen-bond acceptors (Lipinski definition) is 7. The van der Waals surface area contributed by atoms with Gasteiger partial charge >= 0.3 is 0 Å². The Morgan fingerprint density at radius 3 is 1.80 bits per heavy atom. The smallest absolute Gasteiger partial charge is 0.163 e. The van der Waals surface area contributed by atoms with E-state index in [2.05, 4.69) is 44.4 Å². The molecule has 0 saturated carbocycles. The Hall–Kier alpha value is -6.78. The Labute approximate surface area is 284 Å². The van der Waals surface area contributed by atoms with Crippen molar-refractivity contribution in [1.82, 2.24) is 15.0 Å². The van der Waals surface area contributed by atoms with Crippen molar-refractivity contribution in [3.05, 3.63) is 162 Å². The van der Waals surface area contributed by atoms with Crippen molar-refractivity contribution in [1.29, 1.82) is 10.7 Å². The Balaban J connectivity index is 1.44. The quantitative estimate of drug-likeness (QED) is 0.107. The van der Waals surface area contributed by atoms with Crippen molar-refractivity contribution in [3.63, 3.8) is 0 Å². The fraction of sp³-hybridized carbons (Fsp3) is 0.0476. The predicted molar refractivity (Wildman–Crippen MR) is 195 cm³/mol. The molecular formula is C42H30N6O. The zero-order valence-electron chi connectivity index (χ0n) is 26.9. The van der Waals surface area contributed by atoms with Gasteiger partial charge in [0.2, 0.25) is 0 Å². The van der Waals surface area contributed by atoms with E-state index < -0.39 is 0 Å². The zero-order valence-corrected chi connectivity index (χ0v) is 26.9. The molecule has 1 aliphatic carbocycles. The summed E-state index contributed by atoms with van der Waals surface area (Å²) in [6.45, 7) is 3.71. The largest absolute Gasteiger partial charge is 0.410 e. The Bertz CT molecular complexity index is 2360. The normalized spacial score (nSPS) is 13.5. The van der Waals surface area contributed by atoms with Crippen LogP contribution in [0.4, 0.5) is 0 Å². The first-order valence-electron chi connectivity index (χ1n) is 15.8. The summed E-state index contributed by atoms with van der Waals surface area (Å²) < 4.78 is 0.